The van der Waals surface area contributed by atoms with Gasteiger partial charge in [0, 0.05) is 20.6 Å². The minimum absolute atomic E-state index is 0.0287. The van der Waals surface area contributed by atoms with Crippen molar-refractivity contribution in [2.45, 2.75) is 0 Å². The van der Waals surface area contributed by atoms with Crippen molar-refractivity contribution in [1.29, 1.82) is 0 Å². The van der Waals surface area contributed by atoms with Gasteiger partial charge in [-0.2, -0.15) is 5.10 Å². The van der Waals surface area contributed by atoms with Crippen molar-refractivity contribution < 1.29 is 19.9 Å². The number of phenols is 2. The first kappa shape index (κ1) is 19.3. The highest BCUT2D eigenvalue weighted by atomic mass is 79.9. The zero-order valence-corrected chi connectivity index (χ0v) is 16.8. The average molecular weight is 538 g/mol. The normalized spacial score (nSPS) is 10.8. The number of hydrogen-bond acceptors (Lipinski definition) is 6. The summed E-state index contributed by atoms with van der Waals surface area (Å²) in [6, 6.07) is 5.49. The topological polar surface area (TPSA) is 125 Å². The fourth-order valence-electron chi connectivity index (χ4n) is 1.80. The number of nitrogens with one attached hydrogen (secondary N) is 1. The maximum atomic E-state index is 12.1. The van der Waals surface area contributed by atoms with Gasteiger partial charge >= 0.3 is 5.69 Å². The first-order chi connectivity index (χ1) is 11.7. The van der Waals surface area contributed by atoms with Crippen molar-refractivity contribution in [1.82, 2.24) is 5.43 Å². The summed E-state index contributed by atoms with van der Waals surface area (Å²) in [6.07, 6.45) is 1.05. The largest absolute Gasteiger partial charge is 0.506 e. The Morgan fingerprint density at radius 1 is 1.12 bits per heavy atom. The Labute approximate surface area is 166 Å². The Bertz CT molecular complexity index is 902. The molecule has 0 bridgehead atoms. The van der Waals surface area contributed by atoms with Gasteiger partial charge in [-0.1, -0.05) is 31.9 Å². The Balaban J connectivity index is 2.25. The van der Waals surface area contributed by atoms with Crippen molar-refractivity contribution in [3.63, 3.8) is 0 Å². The average Bonchev–Trinajstić information content (AvgIpc) is 2.53. The predicted octanol–water partition coefficient (Wildman–Crippen LogP) is 4.06. The summed E-state index contributed by atoms with van der Waals surface area (Å²) in [5.41, 5.74) is 1.66. The quantitative estimate of drug-likeness (QED) is 0.308. The lowest BCUT2D eigenvalue weighted by atomic mass is 10.2. The van der Waals surface area contributed by atoms with E-state index in [0.29, 0.717) is 13.4 Å². The van der Waals surface area contributed by atoms with Crippen LogP contribution in [0.1, 0.15) is 15.9 Å². The van der Waals surface area contributed by atoms with Gasteiger partial charge in [0.2, 0.25) is 5.75 Å². The number of nitro benzene ring substituents is 1. The number of carbonyl (C=O) groups excluding carboxylic acids is 1. The third kappa shape index (κ3) is 4.55. The molecule has 0 aliphatic carbocycles. The van der Waals surface area contributed by atoms with Crippen LogP contribution in [0.2, 0.25) is 0 Å². The van der Waals surface area contributed by atoms with E-state index in [-0.39, 0.29) is 16.9 Å². The Morgan fingerprint density at radius 3 is 2.40 bits per heavy atom. The van der Waals surface area contributed by atoms with Crippen molar-refractivity contribution in [3.05, 3.63) is 58.9 Å². The minimum atomic E-state index is -0.743. The van der Waals surface area contributed by atoms with Crippen LogP contribution in [0.3, 0.4) is 0 Å². The van der Waals surface area contributed by atoms with E-state index in [1.165, 1.54) is 12.1 Å². The molecule has 2 aromatic rings. The van der Waals surface area contributed by atoms with Crippen molar-refractivity contribution in [2.24, 2.45) is 5.10 Å². The minimum Gasteiger partial charge on any atom is -0.506 e. The maximum Gasteiger partial charge on any atom is 0.312 e. The zero-order chi connectivity index (χ0) is 18.7. The molecule has 0 spiro atoms. The number of hydrogen-bond donors (Lipinski definition) is 3. The van der Waals surface area contributed by atoms with Crippen LogP contribution in [0.25, 0.3) is 0 Å². The molecule has 130 valence electrons. The second-order valence-corrected chi connectivity index (χ2v) is 7.29. The second-order valence-electron chi connectivity index (χ2n) is 4.60. The third-order valence-corrected chi connectivity index (χ3v) is 4.44. The van der Waals surface area contributed by atoms with Gasteiger partial charge in [-0.25, -0.2) is 5.43 Å². The highest BCUT2D eigenvalue weighted by Crippen LogP contribution is 2.33. The van der Waals surface area contributed by atoms with Crippen LogP contribution >= 0.6 is 47.8 Å². The molecule has 0 fully saturated rings. The molecular weight excluding hydrogens is 530 g/mol. The molecule has 2 aromatic carbocycles. The van der Waals surface area contributed by atoms with Crippen LogP contribution in [0.4, 0.5) is 5.69 Å². The first-order valence-corrected chi connectivity index (χ1v) is 8.77. The van der Waals surface area contributed by atoms with Crippen LogP contribution in [0, 0.1) is 10.1 Å². The number of rotatable bonds is 4. The summed E-state index contributed by atoms with van der Waals surface area (Å²) in [5, 5.41) is 34.3. The maximum absolute atomic E-state index is 12.1. The molecule has 0 heterocycles. The molecular formula is C14H8Br3N3O5. The highest BCUT2D eigenvalue weighted by molar-refractivity contribution is 9.11. The van der Waals surface area contributed by atoms with Crippen molar-refractivity contribution >= 4 is 65.6 Å². The number of phenolic OH excluding ortho intramolecular Hbond substituents is 2. The number of carbonyl (C=O) groups is 1. The van der Waals surface area contributed by atoms with E-state index < -0.39 is 22.3 Å². The van der Waals surface area contributed by atoms with Gasteiger partial charge in [0.05, 0.1) is 21.2 Å². The van der Waals surface area contributed by atoms with E-state index in [1.54, 1.807) is 6.07 Å². The van der Waals surface area contributed by atoms with E-state index in [4.69, 9.17) is 0 Å². The molecule has 0 unspecified atom stereocenters. The summed E-state index contributed by atoms with van der Waals surface area (Å²) < 4.78 is 1.24. The number of halogens is 3. The van der Waals surface area contributed by atoms with Gasteiger partial charge in [0.1, 0.15) is 5.75 Å². The molecule has 11 heteroatoms. The van der Waals surface area contributed by atoms with E-state index >= 15 is 0 Å². The molecule has 2 rings (SSSR count). The van der Waals surface area contributed by atoms with E-state index in [2.05, 4.69) is 58.3 Å². The molecule has 0 atom stereocenters. The monoisotopic (exact) mass is 535 g/mol. The lowest BCUT2D eigenvalue weighted by Gasteiger charge is -2.06. The molecule has 0 radical (unpaired) electrons. The number of benzene rings is 2. The predicted molar refractivity (Wildman–Crippen MR) is 101 cm³/mol. The van der Waals surface area contributed by atoms with Gasteiger partial charge in [-0.15, -0.1) is 0 Å². The van der Waals surface area contributed by atoms with Gasteiger partial charge < -0.3 is 10.2 Å². The number of nitrogens with zero attached hydrogens (tertiary/aromatic N) is 2. The van der Waals surface area contributed by atoms with E-state index in [1.807, 2.05) is 0 Å². The molecule has 8 nitrogen and oxygen atoms in total. The summed E-state index contributed by atoms with van der Waals surface area (Å²) in [5.74, 6) is -1.56. The summed E-state index contributed by atoms with van der Waals surface area (Å²) in [7, 11) is 0. The van der Waals surface area contributed by atoms with Crippen molar-refractivity contribution in [3.8, 4) is 11.5 Å². The van der Waals surface area contributed by atoms with Gasteiger partial charge in [0.15, 0.2) is 0 Å². The molecule has 0 saturated heterocycles. The number of amides is 1. The number of nitro groups is 1. The zero-order valence-electron chi connectivity index (χ0n) is 12.0. The van der Waals surface area contributed by atoms with E-state index in [9.17, 15) is 25.1 Å². The Morgan fingerprint density at radius 2 is 1.76 bits per heavy atom. The van der Waals surface area contributed by atoms with Crippen LogP contribution in [0.5, 0.6) is 11.5 Å². The molecule has 25 heavy (non-hydrogen) atoms. The Hall–Kier alpha value is -1.98. The van der Waals surface area contributed by atoms with Crippen molar-refractivity contribution in [2.75, 3.05) is 0 Å². The SMILES string of the molecule is O=C(N/N=C\c1cc(Br)cc([N+](=O)[O-])c1O)c1cc(Br)cc(Br)c1O. The first-order valence-electron chi connectivity index (χ1n) is 6.39. The van der Waals surface area contributed by atoms with E-state index in [0.717, 1.165) is 12.3 Å². The number of aromatic hydroxyl groups is 2. The van der Waals surface area contributed by atoms with Crippen LogP contribution in [-0.2, 0) is 0 Å². The smallest absolute Gasteiger partial charge is 0.312 e. The fraction of sp³-hybridized carbons (Fsp3) is 0. The molecule has 3 N–H and O–H groups in total. The second kappa shape index (κ2) is 7.93. The number of hydrazone groups is 1. The standard InChI is InChI=1S/C14H8Br3N3O5/c15-7-1-6(12(21)11(4-7)20(24)25)5-18-19-14(23)9-2-8(16)3-10(17)13(9)22/h1-5,21-22H,(H,19,23)/b18-5-. The fourth-order valence-corrected chi connectivity index (χ4v) is 3.49. The van der Waals surface area contributed by atoms with Crippen LogP contribution in [-0.4, -0.2) is 27.3 Å². The van der Waals surface area contributed by atoms with Gasteiger partial charge in [0.25, 0.3) is 5.91 Å². The molecule has 0 aliphatic rings. The molecule has 0 saturated carbocycles. The summed E-state index contributed by atoms with van der Waals surface area (Å²) >= 11 is 9.40. The van der Waals surface area contributed by atoms with Gasteiger partial charge in [-0.3, -0.25) is 14.9 Å². The highest BCUT2D eigenvalue weighted by Gasteiger charge is 2.18. The molecule has 0 aliphatic heterocycles. The van der Waals surface area contributed by atoms with Crippen LogP contribution < -0.4 is 5.43 Å². The molecule has 1 amide bonds. The summed E-state index contributed by atoms with van der Waals surface area (Å²) in [4.78, 5) is 22.2. The summed E-state index contributed by atoms with van der Waals surface area (Å²) in [6.45, 7) is 0. The lowest BCUT2D eigenvalue weighted by Crippen LogP contribution is -2.18. The Kier molecular flexibility index (Phi) is 6.14. The van der Waals surface area contributed by atoms with Crippen LogP contribution in [0.15, 0.2) is 42.8 Å². The van der Waals surface area contributed by atoms with Gasteiger partial charge in [-0.05, 0) is 34.1 Å². The third-order valence-electron chi connectivity index (χ3n) is 2.92. The lowest BCUT2D eigenvalue weighted by molar-refractivity contribution is -0.385. The molecule has 0 aromatic heterocycles.